The van der Waals surface area contributed by atoms with Crippen molar-refractivity contribution in [3.63, 3.8) is 0 Å². The van der Waals surface area contributed by atoms with Crippen LogP contribution >= 0.6 is 22.6 Å². The monoisotopic (exact) mass is 360 g/mol. The number of carbonyl (C=O) groups is 2. The summed E-state index contributed by atoms with van der Waals surface area (Å²) in [5, 5.41) is 0. The van der Waals surface area contributed by atoms with E-state index in [1.54, 1.807) is 18.2 Å². The summed E-state index contributed by atoms with van der Waals surface area (Å²) in [7, 11) is 0. The number of carbonyl (C=O) groups excluding carboxylic acids is 2. The van der Waals surface area contributed by atoms with Gasteiger partial charge in [-0.2, -0.15) is 0 Å². The second-order valence-electron chi connectivity index (χ2n) is 4.32. The second-order valence-corrected chi connectivity index (χ2v) is 5.56. The molecule has 1 aliphatic rings. The number of hydrogen-bond donors (Lipinski definition) is 0. The van der Waals surface area contributed by atoms with Crippen LogP contribution in [0.5, 0.6) is 0 Å². The van der Waals surface area contributed by atoms with Crippen LogP contribution < -0.4 is 0 Å². The third kappa shape index (κ3) is 2.14. The lowest BCUT2D eigenvalue weighted by molar-refractivity contribution is -0.109. The maximum absolute atomic E-state index is 12.0. The molecule has 1 aliphatic carbocycles. The van der Waals surface area contributed by atoms with E-state index in [9.17, 15) is 9.59 Å². The van der Waals surface area contributed by atoms with Crippen molar-refractivity contribution >= 4 is 45.8 Å². The predicted molar refractivity (Wildman–Crippen MR) is 82.8 cm³/mol. The average Bonchev–Trinajstić information content (AvgIpc) is 2.65. The first-order chi connectivity index (χ1) is 9.16. The molecule has 0 spiro atoms. The van der Waals surface area contributed by atoms with E-state index in [1.807, 2.05) is 36.4 Å². The van der Waals surface area contributed by atoms with E-state index in [0.29, 0.717) is 11.1 Å². The Morgan fingerprint density at radius 3 is 2.32 bits per heavy atom. The lowest BCUT2D eigenvalue weighted by Gasteiger charge is -1.99. The van der Waals surface area contributed by atoms with Crippen molar-refractivity contribution in [2.75, 3.05) is 0 Å². The highest BCUT2D eigenvalue weighted by atomic mass is 127. The van der Waals surface area contributed by atoms with Gasteiger partial charge in [-0.25, -0.2) is 0 Å². The van der Waals surface area contributed by atoms with E-state index in [-0.39, 0.29) is 0 Å². The van der Waals surface area contributed by atoms with Gasteiger partial charge in [0.25, 0.3) is 0 Å². The summed E-state index contributed by atoms with van der Waals surface area (Å²) in [5.41, 5.74) is 2.66. The smallest absolute Gasteiger partial charge is 0.234 e. The highest BCUT2D eigenvalue weighted by molar-refractivity contribution is 14.1. The summed E-state index contributed by atoms with van der Waals surface area (Å²) in [6.45, 7) is 0. The normalized spacial score (nSPS) is 15.9. The van der Waals surface area contributed by atoms with Gasteiger partial charge in [-0.05, 0) is 51.9 Å². The van der Waals surface area contributed by atoms with Crippen molar-refractivity contribution in [1.29, 1.82) is 0 Å². The summed E-state index contributed by atoms with van der Waals surface area (Å²) in [5.74, 6) is -0.826. The van der Waals surface area contributed by atoms with Crippen LogP contribution in [-0.4, -0.2) is 11.6 Å². The zero-order valence-electron chi connectivity index (χ0n) is 9.89. The standard InChI is InChI=1S/C16H9IO2/c17-11-5-3-4-10(8-11)9-14-12-6-1-2-7-13(12)15(18)16(14)19/h1-9H/b14-9-. The quantitative estimate of drug-likeness (QED) is 0.443. The van der Waals surface area contributed by atoms with E-state index >= 15 is 0 Å². The number of hydrogen-bond acceptors (Lipinski definition) is 2. The van der Waals surface area contributed by atoms with Crippen molar-refractivity contribution in [1.82, 2.24) is 0 Å². The SMILES string of the molecule is O=C1C(=O)c2ccccc2/C1=C/c1cccc(I)c1. The molecular weight excluding hydrogens is 351 g/mol. The molecule has 2 aromatic carbocycles. The van der Waals surface area contributed by atoms with E-state index < -0.39 is 11.6 Å². The predicted octanol–water partition coefficient (Wildman–Crippen LogP) is 3.60. The lowest BCUT2D eigenvalue weighted by atomic mass is 10.0. The maximum Gasteiger partial charge on any atom is 0.234 e. The van der Waals surface area contributed by atoms with Crippen molar-refractivity contribution in [3.05, 3.63) is 68.8 Å². The lowest BCUT2D eigenvalue weighted by Crippen LogP contribution is -2.05. The van der Waals surface area contributed by atoms with E-state index in [1.165, 1.54) is 0 Å². The molecule has 0 aliphatic heterocycles. The first kappa shape index (κ1) is 12.3. The van der Waals surface area contributed by atoms with Crippen LogP contribution in [0.1, 0.15) is 21.5 Å². The van der Waals surface area contributed by atoms with Gasteiger partial charge in [0.2, 0.25) is 11.6 Å². The van der Waals surface area contributed by atoms with Crippen LogP contribution in [0.3, 0.4) is 0 Å². The van der Waals surface area contributed by atoms with Crippen molar-refractivity contribution < 1.29 is 9.59 Å². The molecule has 0 saturated carbocycles. The molecule has 3 heteroatoms. The van der Waals surface area contributed by atoms with Gasteiger partial charge in [0, 0.05) is 14.7 Å². The molecular formula is C16H9IO2. The minimum atomic E-state index is -0.417. The van der Waals surface area contributed by atoms with E-state index in [2.05, 4.69) is 22.6 Å². The minimum absolute atomic E-state index is 0.410. The summed E-state index contributed by atoms with van der Waals surface area (Å²) >= 11 is 2.22. The fraction of sp³-hybridized carbons (Fsp3) is 0. The van der Waals surface area contributed by atoms with Crippen molar-refractivity contribution in [2.24, 2.45) is 0 Å². The number of allylic oxidation sites excluding steroid dienone is 1. The largest absolute Gasteiger partial charge is 0.285 e. The van der Waals surface area contributed by atoms with E-state index in [4.69, 9.17) is 0 Å². The fourth-order valence-corrected chi connectivity index (χ4v) is 2.76. The molecule has 2 aromatic rings. The van der Waals surface area contributed by atoms with Gasteiger partial charge in [0.1, 0.15) is 0 Å². The zero-order valence-corrected chi connectivity index (χ0v) is 12.0. The first-order valence-electron chi connectivity index (χ1n) is 5.82. The van der Waals surface area contributed by atoms with Gasteiger partial charge < -0.3 is 0 Å². The second kappa shape index (κ2) is 4.74. The Balaban J connectivity index is 2.16. The number of rotatable bonds is 1. The van der Waals surface area contributed by atoms with Crippen LogP contribution in [0.2, 0.25) is 0 Å². The molecule has 0 aromatic heterocycles. The van der Waals surface area contributed by atoms with Gasteiger partial charge in [0.15, 0.2) is 0 Å². The first-order valence-corrected chi connectivity index (χ1v) is 6.90. The Bertz CT molecular complexity index is 729. The zero-order chi connectivity index (χ0) is 13.4. The summed E-state index contributed by atoms with van der Waals surface area (Å²) in [6.07, 6.45) is 1.79. The molecule has 0 N–H and O–H groups in total. The molecule has 0 saturated heterocycles. The molecule has 2 nitrogen and oxygen atoms in total. The number of halogens is 1. The van der Waals surface area contributed by atoms with Gasteiger partial charge in [-0.1, -0.05) is 36.4 Å². The van der Waals surface area contributed by atoms with Gasteiger partial charge in [-0.3, -0.25) is 9.59 Å². The highest BCUT2D eigenvalue weighted by Gasteiger charge is 2.32. The van der Waals surface area contributed by atoms with Gasteiger partial charge in [0.05, 0.1) is 0 Å². The molecule has 0 bridgehead atoms. The van der Waals surface area contributed by atoms with Crippen molar-refractivity contribution in [3.8, 4) is 0 Å². The third-order valence-electron chi connectivity index (χ3n) is 3.07. The van der Waals surface area contributed by atoms with Crippen LogP contribution in [0.25, 0.3) is 11.6 Å². The number of Topliss-reactive ketones (excluding diaryl/α,β-unsaturated/α-hetero) is 2. The number of fused-ring (bicyclic) bond motifs is 1. The summed E-state index contributed by atoms with van der Waals surface area (Å²) in [6, 6.07) is 15.0. The Morgan fingerprint density at radius 1 is 0.842 bits per heavy atom. The van der Waals surface area contributed by atoms with Crippen molar-refractivity contribution in [2.45, 2.75) is 0 Å². The summed E-state index contributed by atoms with van der Waals surface area (Å²) in [4.78, 5) is 23.9. The molecule has 0 unspecified atom stereocenters. The summed E-state index contributed by atoms with van der Waals surface area (Å²) < 4.78 is 1.09. The highest BCUT2D eigenvalue weighted by Crippen LogP contribution is 2.31. The van der Waals surface area contributed by atoms with Crippen LogP contribution in [0, 0.1) is 3.57 Å². The number of ketones is 2. The molecule has 0 amide bonds. The molecule has 0 radical (unpaired) electrons. The van der Waals surface area contributed by atoms with Crippen LogP contribution in [-0.2, 0) is 4.79 Å². The molecule has 19 heavy (non-hydrogen) atoms. The van der Waals surface area contributed by atoms with Crippen LogP contribution in [0.15, 0.2) is 48.5 Å². The maximum atomic E-state index is 12.0. The Morgan fingerprint density at radius 2 is 1.58 bits per heavy atom. The average molecular weight is 360 g/mol. The Labute approximate surface area is 124 Å². The molecule has 0 fully saturated rings. The molecule has 3 rings (SSSR count). The fourth-order valence-electron chi connectivity index (χ4n) is 2.19. The minimum Gasteiger partial charge on any atom is -0.285 e. The van der Waals surface area contributed by atoms with Crippen LogP contribution in [0.4, 0.5) is 0 Å². The molecule has 0 heterocycles. The van der Waals surface area contributed by atoms with Gasteiger partial charge >= 0.3 is 0 Å². The molecule has 92 valence electrons. The Kier molecular flexibility index (Phi) is 3.06. The molecule has 0 atom stereocenters. The Hall–Kier alpha value is -1.75. The van der Waals surface area contributed by atoms with E-state index in [0.717, 1.165) is 14.7 Å². The topological polar surface area (TPSA) is 34.1 Å². The third-order valence-corrected chi connectivity index (χ3v) is 3.74. The number of benzene rings is 2. The van der Waals surface area contributed by atoms with Gasteiger partial charge in [-0.15, -0.1) is 0 Å².